The summed E-state index contributed by atoms with van der Waals surface area (Å²) in [6.45, 7) is 0.0710. The number of ether oxygens (including phenoxy) is 2. The molecule has 2 amide bonds. The van der Waals surface area contributed by atoms with E-state index < -0.39 is 22.8 Å². The number of nitrogens with zero attached hydrogens (tertiary/aromatic N) is 1. The van der Waals surface area contributed by atoms with E-state index in [-0.39, 0.29) is 18.2 Å². The maximum absolute atomic E-state index is 14.4. The summed E-state index contributed by atoms with van der Waals surface area (Å²) in [6, 6.07) is 19.7. The molecule has 1 saturated heterocycles. The molecule has 36 heavy (non-hydrogen) atoms. The van der Waals surface area contributed by atoms with Gasteiger partial charge in [0.25, 0.3) is 0 Å². The van der Waals surface area contributed by atoms with E-state index in [0.717, 1.165) is 5.56 Å². The number of hydrogen-bond acceptors (Lipinski definition) is 6. The van der Waals surface area contributed by atoms with E-state index in [9.17, 15) is 14.4 Å². The molecule has 2 N–H and O–H groups in total. The number of nitrogens with one attached hydrogen (secondary N) is 2. The Kier molecular flexibility index (Phi) is 4.75. The van der Waals surface area contributed by atoms with E-state index in [1.54, 1.807) is 44.5 Å². The minimum absolute atomic E-state index is 0.0710. The van der Waals surface area contributed by atoms with Gasteiger partial charge in [0.1, 0.15) is 22.5 Å². The maximum Gasteiger partial charge on any atom is 0.250 e. The molecule has 3 aliphatic heterocycles. The molecule has 2 spiro atoms. The molecule has 3 aromatic carbocycles. The molecule has 0 aliphatic carbocycles. The fourth-order valence-electron chi connectivity index (χ4n) is 6.35. The van der Waals surface area contributed by atoms with Gasteiger partial charge in [-0.2, -0.15) is 0 Å². The molecular formula is C28H25N3O5. The number of carbonyl (C=O) groups is 3. The van der Waals surface area contributed by atoms with Gasteiger partial charge in [-0.3, -0.25) is 19.3 Å². The number of anilines is 2. The second-order valence-corrected chi connectivity index (χ2v) is 9.49. The summed E-state index contributed by atoms with van der Waals surface area (Å²) in [7, 11) is 4.91. The van der Waals surface area contributed by atoms with Crippen molar-refractivity contribution in [2.24, 2.45) is 5.41 Å². The van der Waals surface area contributed by atoms with Crippen molar-refractivity contribution in [1.82, 2.24) is 4.90 Å². The third-order valence-corrected chi connectivity index (χ3v) is 7.91. The van der Waals surface area contributed by atoms with Gasteiger partial charge in [0.15, 0.2) is 5.78 Å². The molecule has 3 atom stereocenters. The highest BCUT2D eigenvalue weighted by Gasteiger charge is 2.73. The highest BCUT2D eigenvalue weighted by atomic mass is 16.5. The van der Waals surface area contributed by atoms with E-state index in [4.69, 9.17) is 9.47 Å². The lowest BCUT2D eigenvalue weighted by Crippen LogP contribution is -2.54. The Bertz CT molecular complexity index is 1440. The van der Waals surface area contributed by atoms with Crippen molar-refractivity contribution in [3.05, 3.63) is 83.4 Å². The highest BCUT2D eigenvalue weighted by Crippen LogP contribution is 2.63. The number of benzene rings is 3. The van der Waals surface area contributed by atoms with Crippen molar-refractivity contribution >= 4 is 29.0 Å². The predicted molar refractivity (Wildman–Crippen MR) is 134 cm³/mol. The Hall–Kier alpha value is -4.17. The number of methoxy groups -OCH3 is 2. The van der Waals surface area contributed by atoms with Gasteiger partial charge >= 0.3 is 0 Å². The predicted octanol–water partition coefficient (Wildman–Crippen LogP) is 3.40. The van der Waals surface area contributed by atoms with Crippen molar-refractivity contribution in [3.63, 3.8) is 0 Å². The quantitative estimate of drug-likeness (QED) is 0.555. The van der Waals surface area contributed by atoms with Gasteiger partial charge in [0.2, 0.25) is 11.8 Å². The summed E-state index contributed by atoms with van der Waals surface area (Å²) in [5, 5.41) is 5.97. The van der Waals surface area contributed by atoms with Gasteiger partial charge in [-0.15, -0.1) is 0 Å². The Labute approximate surface area is 208 Å². The second-order valence-electron chi connectivity index (χ2n) is 9.49. The summed E-state index contributed by atoms with van der Waals surface area (Å²) < 4.78 is 10.6. The smallest absolute Gasteiger partial charge is 0.250 e. The lowest BCUT2D eigenvalue weighted by atomic mass is 9.60. The molecule has 0 aromatic heterocycles. The Morgan fingerprint density at radius 1 is 0.833 bits per heavy atom. The molecule has 8 nitrogen and oxygen atoms in total. The van der Waals surface area contributed by atoms with Gasteiger partial charge in [0, 0.05) is 35.3 Å². The number of carbonyl (C=O) groups excluding carboxylic acids is 3. The summed E-state index contributed by atoms with van der Waals surface area (Å²) in [5.74, 6) is -0.632. The number of amides is 2. The number of likely N-dealkylation sites (N-methyl/N-ethyl adjacent to an activating group) is 1. The molecule has 0 radical (unpaired) electrons. The standard InChI is InChI=1S/C28H25N3O5/c1-31-15-27(24(32)19-13-12-18(36-3)14-22(19)30-25(27)33)23(16-8-10-17(35-2)11-9-16)28(31)20-6-4-5-7-21(20)29-26(28)34/h4-14,23H,15H2,1-3H3,(H,29,34)(H,30,33)/t23-,27?,28+/m0/s1. The number of rotatable bonds is 3. The first kappa shape index (κ1) is 22.3. The molecule has 3 aliphatic rings. The van der Waals surface area contributed by atoms with Crippen LogP contribution in [0.25, 0.3) is 0 Å². The van der Waals surface area contributed by atoms with Crippen LogP contribution in [0.3, 0.4) is 0 Å². The fourth-order valence-corrected chi connectivity index (χ4v) is 6.35. The minimum atomic E-state index is -1.54. The van der Waals surface area contributed by atoms with Crippen LogP contribution in [0.1, 0.15) is 27.4 Å². The monoisotopic (exact) mass is 483 g/mol. The van der Waals surface area contributed by atoms with Gasteiger partial charge in [-0.05, 0) is 42.9 Å². The lowest BCUT2D eigenvalue weighted by Gasteiger charge is -2.41. The van der Waals surface area contributed by atoms with Crippen LogP contribution in [-0.2, 0) is 15.1 Å². The number of likely N-dealkylation sites (tertiary alicyclic amines) is 1. The zero-order valence-corrected chi connectivity index (χ0v) is 20.1. The number of para-hydroxylation sites is 1. The summed E-state index contributed by atoms with van der Waals surface area (Å²) in [4.78, 5) is 44.2. The van der Waals surface area contributed by atoms with E-state index in [0.29, 0.717) is 34.0 Å². The van der Waals surface area contributed by atoms with E-state index in [2.05, 4.69) is 10.6 Å². The fraction of sp³-hybridized carbons (Fsp3) is 0.250. The van der Waals surface area contributed by atoms with Crippen LogP contribution in [0.2, 0.25) is 0 Å². The molecule has 1 fully saturated rings. The third-order valence-electron chi connectivity index (χ3n) is 7.91. The number of ketones is 1. The first-order chi connectivity index (χ1) is 17.4. The van der Waals surface area contributed by atoms with Crippen LogP contribution >= 0.6 is 0 Å². The van der Waals surface area contributed by atoms with Crippen molar-refractivity contribution in [2.75, 3.05) is 38.4 Å². The molecule has 8 heteroatoms. The van der Waals surface area contributed by atoms with Gasteiger partial charge in [-0.25, -0.2) is 0 Å². The van der Waals surface area contributed by atoms with Gasteiger partial charge < -0.3 is 20.1 Å². The SMILES string of the molecule is COc1ccc([C@H]2C3(CN(C)[C@@]24C(=O)Nc2ccccc24)C(=O)Nc2cc(OC)ccc2C3=O)cc1. The Balaban J connectivity index is 1.63. The topological polar surface area (TPSA) is 97.0 Å². The maximum atomic E-state index is 14.4. The van der Waals surface area contributed by atoms with E-state index >= 15 is 0 Å². The van der Waals surface area contributed by atoms with Crippen molar-refractivity contribution in [3.8, 4) is 11.5 Å². The van der Waals surface area contributed by atoms with Gasteiger partial charge in [-0.1, -0.05) is 30.3 Å². The average molecular weight is 484 g/mol. The molecular weight excluding hydrogens is 458 g/mol. The highest BCUT2D eigenvalue weighted by molar-refractivity contribution is 6.26. The number of Topliss-reactive ketones (excluding diaryl/α,β-unsaturated/α-hetero) is 1. The molecule has 0 saturated carbocycles. The van der Waals surface area contributed by atoms with Crippen LogP contribution in [0, 0.1) is 5.41 Å². The molecule has 1 unspecified atom stereocenters. The minimum Gasteiger partial charge on any atom is -0.497 e. The first-order valence-electron chi connectivity index (χ1n) is 11.7. The Morgan fingerprint density at radius 2 is 1.50 bits per heavy atom. The van der Waals surface area contributed by atoms with Crippen LogP contribution in [0.4, 0.5) is 11.4 Å². The average Bonchev–Trinajstić information content (AvgIpc) is 3.35. The largest absolute Gasteiger partial charge is 0.497 e. The third kappa shape index (κ3) is 2.64. The summed E-state index contributed by atoms with van der Waals surface area (Å²) >= 11 is 0. The normalized spacial score (nSPS) is 26.5. The summed E-state index contributed by atoms with van der Waals surface area (Å²) in [5.41, 5.74) is 0.124. The molecule has 6 rings (SSSR count). The zero-order chi connectivity index (χ0) is 25.2. The number of hydrogen-bond donors (Lipinski definition) is 2. The molecule has 3 aromatic rings. The van der Waals surface area contributed by atoms with Crippen molar-refractivity contribution in [1.29, 1.82) is 0 Å². The van der Waals surface area contributed by atoms with Crippen LogP contribution < -0.4 is 20.1 Å². The lowest BCUT2D eigenvalue weighted by molar-refractivity contribution is -0.127. The summed E-state index contributed by atoms with van der Waals surface area (Å²) in [6.07, 6.45) is 0. The zero-order valence-electron chi connectivity index (χ0n) is 20.1. The number of fused-ring (bicyclic) bond motifs is 3. The van der Waals surface area contributed by atoms with Crippen molar-refractivity contribution < 1.29 is 23.9 Å². The molecule has 182 valence electrons. The van der Waals surface area contributed by atoms with Crippen LogP contribution in [0.15, 0.2) is 66.7 Å². The molecule has 3 heterocycles. The van der Waals surface area contributed by atoms with Gasteiger partial charge in [0.05, 0.1) is 19.9 Å². The Morgan fingerprint density at radius 3 is 2.22 bits per heavy atom. The van der Waals surface area contributed by atoms with Crippen LogP contribution in [-0.4, -0.2) is 50.3 Å². The first-order valence-corrected chi connectivity index (χ1v) is 11.7. The molecule has 0 bridgehead atoms. The van der Waals surface area contributed by atoms with Crippen molar-refractivity contribution in [2.45, 2.75) is 11.5 Å². The van der Waals surface area contributed by atoms with E-state index in [1.807, 2.05) is 41.3 Å². The van der Waals surface area contributed by atoms with Crippen LogP contribution in [0.5, 0.6) is 11.5 Å². The second kappa shape index (κ2) is 7.66. The van der Waals surface area contributed by atoms with E-state index in [1.165, 1.54) is 7.11 Å².